The topological polar surface area (TPSA) is 50.4 Å². The second-order valence-electron chi connectivity index (χ2n) is 5.16. The van der Waals surface area contributed by atoms with Crippen molar-refractivity contribution in [2.75, 3.05) is 24.4 Å². The van der Waals surface area contributed by atoms with Gasteiger partial charge in [0.1, 0.15) is 0 Å². The number of aryl methyl sites for hydroxylation is 1. The molecule has 0 aromatic heterocycles. The predicted octanol–water partition coefficient (Wildman–Crippen LogP) is 3.04. The minimum atomic E-state index is -0.0578. The van der Waals surface area contributed by atoms with Crippen LogP contribution in [-0.4, -0.2) is 25.7 Å². The number of carbonyl (C=O) groups excluding carboxylic acids is 1. The van der Waals surface area contributed by atoms with Crippen molar-refractivity contribution in [2.45, 2.75) is 33.7 Å². The lowest BCUT2D eigenvalue weighted by Gasteiger charge is -2.23. The molecule has 0 aliphatic rings. The number of hydrogen-bond acceptors (Lipinski definition) is 3. The molecule has 0 aliphatic carbocycles. The molecule has 0 heterocycles. The highest BCUT2D eigenvalue weighted by Gasteiger charge is 2.13. The van der Waals surface area contributed by atoms with Gasteiger partial charge in [0.2, 0.25) is 5.91 Å². The molecular formula is C15H24N2O2. The van der Waals surface area contributed by atoms with Gasteiger partial charge in [-0.25, -0.2) is 0 Å². The van der Waals surface area contributed by atoms with Crippen LogP contribution < -0.4 is 10.6 Å². The van der Waals surface area contributed by atoms with Crippen molar-refractivity contribution in [3.8, 4) is 0 Å². The first kappa shape index (κ1) is 15.5. The summed E-state index contributed by atoms with van der Waals surface area (Å²) >= 11 is 0. The van der Waals surface area contributed by atoms with E-state index in [1.54, 1.807) is 7.11 Å². The minimum absolute atomic E-state index is 0.0578. The predicted molar refractivity (Wildman–Crippen MR) is 79.6 cm³/mol. The van der Waals surface area contributed by atoms with Gasteiger partial charge in [0.05, 0.1) is 12.6 Å². The van der Waals surface area contributed by atoms with E-state index in [4.69, 9.17) is 4.74 Å². The first-order valence-corrected chi connectivity index (χ1v) is 6.57. The Hall–Kier alpha value is -1.55. The molecule has 2 N–H and O–H groups in total. The number of benzene rings is 1. The fourth-order valence-electron chi connectivity index (χ4n) is 1.83. The van der Waals surface area contributed by atoms with Gasteiger partial charge in [0.25, 0.3) is 0 Å². The number of amides is 1. The van der Waals surface area contributed by atoms with Crippen LogP contribution in [0.1, 0.15) is 26.3 Å². The van der Waals surface area contributed by atoms with Gasteiger partial charge in [-0.05, 0) is 30.5 Å². The standard InChI is InChI=1S/C15H24N2O2/c1-10(2)15(9-19-5)17-13-7-6-11(3)14(8-13)16-12(4)18/h6-8,10,15,17H,9H2,1-5H3,(H,16,18). The molecule has 1 amide bonds. The molecule has 0 bridgehead atoms. The number of methoxy groups -OCH3 is 1. The largest absolute Gasteiger partial charge is 0.383 e. The third-order valence-electron chi connectivity index (χ3n) is 3.05. The van der Waals surface area contributed by atoms with Crippen LogP contribution in [0.4, 0.5) is 11.4 Å². The maximum atomic E-state index is 11.2. The summed E-state index contributed by atoms with van der Waals surface area (Å²) in [6.45, 7) is 8.45. The summed E-state index contributed by atoms with van der Waals surface area (Å²) in [4.78, 5) is 11.2. The number of ether oxygens (including phenoxy) is 1. The summed E-state index contributed by atoms with van der Waals surface area (Å²) in [5.41, 5.74) is 2.89. The maximum Gasteiger partial charge on any atom is 0.221 e. The highest BCUT2D eigenvalue weighted by atomic mass is 16.5. The molecule has 1 unspecified atom stereocenters. The van der Waals surface area contributed by atoms with E-state index in [2.05, 4.69) is 24.5 Å². The van der Waals surface area contributed by atoms with Crippen LogP contribution in [0.15, 0.2) is 18.2 Å². The van der Waals surface area contributed by atoms with E-state index >= 15 is 0 Å². The number of nitrogens with one attached hydrogen (secondary N) is 2. The van der Waals surface area contributed by atoms with E-state index in [9.17, 15) is 4.79 Å². The van der Waals surface area contributed by atoms with Crippen LogP contribution in [0.5, 0.6) is 0 Å². The fraction of sp³-hybridized carbons (Fsp3) is 0.533. The monoisotopic (exact) mass is 264 g/mol. The van der Waals surface area contributed by atoms with E-state index < -0.39 is 0 Å². The van der Waals surface area contributed by atoms with Crippen LogP contribution in [0.2, 0.25) is 0 Å². The molecule has 1 rings (SSSR count). The summed E-state index contributed by atoms with van der Waals surface area (Å²) in [7, 11) is 1.70. The van der Waals surface area contributed by atoms with Gasteiger partial charge in [-0.3, -0.25) is 4.79 Å². The molecule has 1 aromatic rings. The van der Waals surface area contributed by atoms with E-state index in [1.807, 2.05) is 25.1 Å². The van der Waals surface area contributed by atoms with Crippen molar-refractivity contribution < 1.29 is 9.53 Å². The minimum Gasteiger partial charge on any atom is -0.383 e. The lowest BCUT2D eigenvalue weighted by Crippen LogP contribution is -2.30. The van der Waals surface area contributed by atoms with Gasteiger partial charge in [-0.2, -0.15) is 0 Å². The van der Waals surface area contributed by atoms with E-state index in [0.29, 0.717) is 12.5 Å². The smallest absolute Gasteiger partial charge is 0.221 e. The van der Waals surface area contributed by atoms with Crippen molar-refractivity contribution in [3.05, 3.63) is 23.8 Å². The van der Waals surface area contributed by atoms with Crippen molar-refractivity contribution in [1.29, 1.82) is 0 Å². The van der Waals surface area contributed by atoms with Gasteiger partial charge in [-0.1, -0.05) is 19.9 Å². The van der Waals surface area contributed by atoms with Crippen LogP contribution in [0.25, 0.3) is 0 Å². The van der Waals surface area contributed by atoms with Crippen LogP contribution >= 0.6 is 0 Å². The van der Waals surface area contributed by atoms with Gasteiger partial charge >= 0.3 is 0 Å². The molecule has 0 fully saturated rings. The molecule has 106 valence electrons. The lowest BCUT2D eigenvalue weighted by molar-refractivity contribution is -0.114. The molecule has 4 nitrogen and oxygen atoms in total. The Balaban J connectivity index is 2.85. The summed E-state index contributed by atoms with van der Waals surface area (Å²) in [6, 6.07) is 6.23. The second kappa shape index (κ2) is 7.14. The first-order chi connectivity index (χ1) is 8.93. The summed E-state index contributed by atoms with van der Waals surface area (Å²) in [5, 5.41) is 6.28. The maximum absolute atomic E-state index is 11.2. The second-order valence-corrected chi connectivity index (χ2v) is 5.16. The van der Waals surface area contributed by atoms with Crippen LogP contribution in [0.3, 0.4) is 0 Å². The van der Waals surface area contributed by atoms with Crippen molar-refractivity contribution in [2.24, 2.45) is 5.92 Å². The molecule has 0 radical (unpaired) electrons. The summed E-state index contributed by atoms with van der Waals surface area (Å²) < 4.78 is 5.22. The molecule has 19 heavy (non-hydrogen) atoms. The molecule has 0 spiro atoms. The third kappa shape index (κ3) is 4.91. The van der Waals surface area contributed by atoms with E-state index in [0.717, 1.165) is 16.9 Å². The van der Waals surface area contributed by atoms with Crippen molar-refractivity contribution in [3.63, 3.8) is 0 Å². The van der Waals surface area contributed by atoms with Crippen molar-refractivity contribution >= 4 is 17.3 Å². The number of anilines is 2. The number of carbonyl (C=O) groups is 1. The molecule has 0 saturated carbocycles. The Morgan fingerprint density at radius 2 is 2.05 bits per heavy atom. The Labute approximate surface area is 115 Å². The highest BCUT2D eigenvalue weighted by molar-refractivity contribution is 5.90. The fourth-order valence-corrected chi connectivity index (χ4v) is 1.83. The highest BCUT2D eigenvalue weighted by Crippen LogP contribution is 2.22. The quantitative estimate of drug-likeness (QED) is 0.830. The Bertz CT molecular complexity index is 430. The molecular weight excluding hydrogens is 240 g/mol. The first-order valence-electron chi connectivity index (χ1n) is 6.57. The van der Waals surface area contributed by atoms with E-state index in [-0.39, 0.29) is 11.9 Å². The molecule has 4 heteroatoms. The zero-order valence-electron chi connectivity index (χ0n) is 12.4. The Morgan fingerprint density at radius 1 is 1.37 bits per heavy atom. The number of hydrogen-bond donors (Lipinski definition) is 2. The SMILES string of the molecule is COCC(Nc1ccc(C)c(NC(C)=O)c1)C(C)C. The molecule has 1 atom stereocenters. The summed E-state index contributed by atoms with van der Waals surface area (Å²) in [5.74, 6) is 0.406. The lowest BCUT2D eigenvalue weighted by atomic mass is 10.0. The number of rotatable bonds is 6. The molecule has 1 aromatic carbocycles. The van der Waals surface area contributed by atoms with Crippen LogP contribution in [0, 0.1) is 12.8 Å². The van der Waals surface area contributed by atoms with Gasteiger partial charge in [-0.15, -0.1) is 0 Å². The molecule has 0 aliphatic heterocycles. The zero-order chi connectivity index (χ0) is 14.4. The Morgan fingerprint density at radius 3 is 2.58 bits per heavy atom. The van der Waals surface area contributed by atoms with Crippen LogP contribution in [-0.2, 0) is 9.53 Å². The Kier molecular flexibility index (Phi) is 5.83. The van der Waals surface area contributed by atoms with Crippen molar-refractivity contribution in [1.82, 2.24) is 0 Å². The normalized spacial score (nSPS) is 12.3. The van der Waals surface area contributed by atoms with Gasteiger partial charge in [0, 0.05) is 25.4 Å². The third-order valence-corrected chi connectivity index (χ3v) is 3.05. The van der Waals surface area contributed by atoms with Gasteiger partial charge in [0.15, 0.2) is 0 Å². The van der Waals surface area contributed by atoms with E-state index in [1.165, 1.54) is 6.92 Å². The van der Waals surface area contributed by atoms with Gasteiger partial charge < -0.3 is 15.4 Å². The average Bonchev–Trinajstić information content (AvgIpc) is 2.32. The average molecular weight is 264 g/mol. The summed E-state index contributed by atoms with van der Waals surface area (Å²) in [6.07, 6.45) is 0. The molecule has 0 saturated heterocycles. The zero-order valence-corrected chi connectivity index (χ0v) is 12.4.